The zero-order chi connectivity index (χ0) is 22.4. The molecule has 0 bridgehead atoms. The van der Waals surface area contributed by atoms with E-state index in [1.165, 1.54) is 11.0 Å². The van der Waals surface area contributed by atoms with Gasteiger partial charge in [0.2, 0.25) is 0 Å². The monoisotopic (exact) mass is 420 g/mol. The van der Waals surface area contributed by atoms with Crippen LogP contribution >= 0.6 is 0 Å². The van der Waals surface area contributed by atoms with E-state index in [2.05, 4.69) is 11.9 Å². The Labute approximate surface area is 183 Å². The number of carbonyl (C=O) groups excluding carboxylic acids is 2. The molecule has 0 saturated carbocycles. The van der Waals surface area contributed by atoms with Gasteiger partial charge in [0.05, 0.1) is 18.3 Å². The molecule has 0 spiro atoms. The maximum Gasteiger partial charge on any atom is 0.278 e. The molecule has 0 fully saturated rings. The molecule has 0 aliphatic carbocycles. The Morgan fingerprint density at radius 2 is 1.65 bits per heavy atom. The zero-order valence-electron chi connectivity index (χ0n) is 18.2. The Balaban J connectivity index is 1.93. The summed E-state index contributed by atoms with van der Waals surface area (Å²) in [4.78, 5) is 27.2. The molecule has 1 aliphatic heterocycles. The van der Waals surface area contributed by atoms with E-state index in [-0.39, 0.29) is 30.2 Å². The van der Waals surface area contributed by atoms with Gasteiger partial charge in [-0.15, -0.1) is 6.58 Å². The van der Waals surface area contributed by atoms with Gasteiger partial charge in [-0.1, -0.05) is 25.1 Å². The minimum atomic E-state index is -0.381. The van der Waals surface area contributed by atoms with Crippen LogP contribution in [0.5, 0.6) is 11.5 Å². The van der Waals surface area contributed by atoms with E-state index < -0.39 is 0 Å². The maximum atomic E-state index is 13.0. The summed E-state index contributed by atoms with van der Waals surface area (Å²) in [5, 5.41) is 3.13. The van der Waals surface area contributed by atoms with Crippen molar-refractivity contribution in [3.63, 3.8) is 0 Å². The van der Waals surface area contributed by atoms with Gasteiger partial charge >= 0.3 is 0 Å². The van der Waals surface area contributed by atoms with Crippen molar-refractivity contribution in [3.05, 3.63) is 72.4 Å². The molecule has 2 amide bonds. The topological polar surface area (TPSA) is 67.9 Å². The number of hydrogen-bond acceptors (Lipinski definition) is 5. The number of nitrogens with one attached hydrogen (secondary N) is 1. The standard InChI is InChI=1S/C25H28N2O4/c1-5-15-27-24(28)22(18-7-11-20(12-8-18)30-16-6-2)23(25(27)29)26-19-9-13-21(14-10-19)31-17(3)4/h5,7-14,17,26H,1,6,15-16H2,2-4H3. The number of anilines is 1. The van der Waals surface area contributed by atoms with Gasteiger partial charge in [0.1, 0.15) is 17.2 Å². The lowest BCUT2D eigenvalue weighted by atomic mass is 10.0. The van der Waals surface area contributed by atoms with Crippen LogP contribution in [0.15, 0.2) is 66.9 Å². The van der Waals surface area contributed by atoms with Gasteiger partial charge in [-0.2, -0.15) is 0 Å². The first-order valence-corrected chi connectivity index (χ1v) is 10.4. The number of carbonyl (C=O) groups is 2. The number of amides is 2. The Morgan fingerprint density at radius 3 is 2.23 bits per heavy atom. The van der Waals surface area contributed by atoms with Crippen molar-refractivity contribution >= 4 is 23.1 Å². The Hall–Kier alpha value is -3.54. The summed E-state index contributed by atoms with van der Waals surface area (Å²) in [6, 6.07) is 14.5. The Bertz CT molecular complexity index is 976. The average Bonchev–Trinajstić information content (AvgIpc) is 2.98. The number of imide groups is 1. The molecule has 1 heterocycles. The number of nitrogens with zero attached hydrogens (tertiary/aromatic N) is 1. The summed E-state index contributed by atoms with van der Waals surface area (Å²) < 4.78 is 11.3. The number of benzene rings is 2. The predicted molar refractivity (Wildman–Crippen MR) is 122 cm³/mol. The van der Waals surface area contributed by atoms with Crippen LogP contribution in [0.1, 0.15) is 32.8 Å². The second-order valence-electron chi connectivity index (χ2n) is 7.45. The Kier molecular flexibility index (Phi) is 7.13. The highest BCUT2D eigenvalue weighted by Gasteiger charge is 2.38. The van der Waals surface area contributed by atoms with Gasteiger partial charge in [0.25, 0.3) is 11.8 Å². The van der Waals surface area contributed by atoms with Crippen molar-refractivity contribution in [2.75, 3.05) is 18.5 Å². The fourth-order valence-electron chi connectivity index (χ4n) is 3.23. The highest BCUT2D eigenvalue weighted by atomic mass is 16.5. The van der Waals surface area contributed by atoms with E-state index in [1.54, 1.807) is 12.1 Å². The lowest BCUT2D eigenvalue weighted by Gasteiger charge is -2.13. The molecule has 0 radical (unpaired) electrons. The van der Waals surface area contributed by atoms with Gasteiger partial charge in [-0.25, -0.2) is 0 Å². The number of ether oxygens (including phenoxy) is 2. The fourth-order valence-corrected chi connectivity index (χ4v) is 3.23. The van der Waals surface area contributed by atoms with Crippen LogP contribution in [0.25, 0.3) is 5.57 Å². The second-order valence-corrected chi connectivity index (χ2v) is 7.45. The summed E-state index contributed by atoms with van der Waals surface area (Å²) in [6.45, 7) is 10.4. The van der Waals surface area contributed by atoms with E-state index in [9.17, 15) is 9.59 Å². The summed E-state index contributed by atoms with van der Waals surface area (Å²) >= 11 is 0. The first-order valence-electron chi connectivity index (χ1n) is 10.4. The van der Waals surface area contributed by atoms with Crippen LogP contribution in [-0.4, -0.2) is 36.0 Å². The summed E-state index contributed by atoms with van der Waals surface area (Å²) in [6.07, 6.45) is 2.51. The van der Waals surface area contributed by atoms with Crippen LogP contribution in [0.3, 0.4) is 0 Å². The maximum absolute atomic E-state index is 13.0. The van der Waals surface area contributed by atoms with E-state index >= 15 is 0 Å². The molecule has 0 saturated heterocycles. The van der Waals surface area contributed by atoms with Gasteiger partial charge in [-0.05, 0) is 62.2 Å². The van der Waals surface area contributed by atoms with Crippen LogP contribution in [0.4, 0.5) is 5.69 Å². The smallest absolute Gasteiger partial charge is 0.278 e. The second kappa shape index (κ2) is 9.98. The molecule has 0 atom stereocenters. The SMILES string of the molecule is C=CCN1C(=O)C(Nc2ccc(OC(C)C)cc2)=C(c2ccc(OCCC)cc2)C1=O. The third-order valence-corrected chi connectivity index (χ3v) is 4.59. The van der Waals surface area contributed by atoms with E-state index in [1.807, 2.05) is 57.2 Å². The third kappa shape index (κ3) is 5.15. The third-order valence-electron chi connectivity index (χ3n) is 4.59. The summed E-state index contributed by atoms with van der Waals surface area (Å²) in [5.41, 5.74) is 1.91. The molecular weight excluding hydrogens is 392 g/mol. The van der Waals surface area contributed by atoms with Crippen LogP contribution < -0.4 is 14.8 Å². The molecule has 31 heavy (non-hydrogen) atoms. The lowest BCUT2D eigenvalue weighted by molar-refractivity contribution is -0.136. The average molecular weight is 421 g/mol. The van der Waals surface area contributed by atoms with E-state index in [0.717, 1.165) is 17.9 Å². The first-order chi connectivity index (χ1) is 14.9. The highest BCUT2D eigenvalue weighted by molar-refractivity contribution is 6.36. The van der Waals surface area contributed by atoms with Crippen LogP contribution in [0.2, 0.25) is 0 Å². The molecule has 1 N–H and O–H groups in total. The van der Waals surface area contributed by atoms with Crippen LogP contribution in [-0.2, 0) is 9.59 Å². The van der Waals surface area contributed by atoms with E-state index in [4.69, 9.17) is 9.47 Å². The highest BCUT2D eigenvalue weighted by Crippen LogP contribution is 2.31. The van der Waals surface area contributed by atoms with Crippen molar-refractivity contribution in [2.45, 2.75) is 33.3 Å². The van der Waals surface area contributed by atoms with Gasteiger partial charge in [0, 0.05) is 12.2 Å². The molecule has 3 rings (SSSR count). The van der Waals surface area contributed by atoms with Crippen molar-refractivity contribution in [2.24, 2.45) is 0 Å². The molecule has 1 aliphatic rings. The minimum absolute atomic E-state index is 0.0684. The van der Waals surface area contributed by atoms with Crippen LogP contribution in [0, 0.1) is 0 Å². The zero-order valence-corrected chi connectivity index (χ0v) is 18.2. The molecule has 2 aromatic carbocycles. The van der Waals surface area contributed by atoms with Crippen molar-refractivity contribution in [1.29, 1.82) is 0 Å². The van der Waals surface area contributed by atoms with Gasteiger partial charge < -0.3 is 14.8 Å². The first kappa shape index (κ1) is 22.2. The molecule has 6 heteroatoms. The van der Waals surface area contributed by atoms with Gasteiger partial charge in [-0.3, -0.25) is 14.5 Å². The molecular formula is C25H28N2O4. The number of rotatable bonds is 10. The minimum Gasteiger partial charge on any atom is -0.494 e. The normalized spacial score (nSPS) is 13.7. The fraction of sp³-hybridized carbons (Fsp3) is 0.280. The summed E-state index contributed by atoms with van der Waals surface area (Å²) in [5.74, 6) is 0.726. The molecule has 0 unspecified atom stereocenters. The molecule has 162 valence electrons. The molecule has 6 nitrogen and oxygen atoms in total. The number of hydrogen-bond donors (Lipinski definition) is 1. The molecule has 0 aromatic heterocycles. The van der Waals surface area contributed by atoms with Gasteiger partial charge in [0.15, 0.2) is 0 Å². The van der Waals surface area contributed by atoms with Crippen molar-refractivity contribution in [3.8, 4) is 11.5 Å². The molecule has 2 aromatic rings. The largest absolute Gasteiger partial charge is 0.494 e. The quantitative estimate of drug-likeness (QED) is 0.448. The van der Waals surface area contributed by atoms with E-state index in [0.29, 0.717) is 23.4 Å². The van der Waals surface area contributed by atoms with Crippen molar-refractivity contribution in [1.82, 2.24) is 4.90 Å². The predicted octanol–water partition coefficient (Wildman–Crippen LogP) is 4.64. The van der Waals surface area contributed by atoms with Crippen molar-refractivity contribution < 1.29 is 19.1 Å². The summed E-state index contributed by atoms with van der Waals surface area (Å²) in [7, 11) is 0. The lowest BCUT2D eigenvalue weighted by Crippen LogP contribution is -2.32. The Morgan fingerprint density at radius 1 is 1.00 bits per heavy atom.